The summed E-state index contributed by atoms with van der Waals surface area (Å²) >= 11 is 0. The van der Waals surface area contributed by atoms with E-state index >= 15 is 0 Å². The van der Waals surface area contributed by atoms with Crippen LogP contribution < -0.4 is 0 Å². The van der Waals surface area contributed by atoms with Crippen molar-refractivity contribution in [3.05, 3.63) is 109 Å². The average molecular weight is 958 g/mol. The van der Waals surface area contributed by atoms with Gasteiger partial charge < -0.3 is 14.2 Å². The first kappa shape index (κ1) is 65.1. The smallest absolute Gasteiger partial charge is 0.306 e. The molecule has 0 aromatic rings. The standard InChI is InChI=1S/C63H104O6/c1-4-7-10-13-16-19-22-25-27-29-31-33-35-38-41-44-47-50-53-56-62(65)68-59-60(58-67-61(64)55-52-49-46-43-40-37-24-21-18-15-12-9-6-3)69-63(66)57-54-51-48-45-42-39-36-34-32-30-28-26-23-20-17-14-11-8-5-2/h16-17,19-21,24-28,31-34,38-39,41-42,60H,4-15,18,22-23,29-30,35-37,40,43-59H2,1-3H3/b19-16+,20-17+,24-21+,27-25+,28-26+,33-31+,34-32+,41-38+,42-39+/t60-/m1/s1. The van der Waals surface area contributed by atoms with E-state index in [2.05, 4.69) is 130 Å². The minimum Gasteiger partial charge on any atom is -0.462 e. The molecule has 0 saturated carbocycles. The average Bonchev–Trinajstić information content (AvgIpc) is 3.35. The number of allylic oxidation sites excluding steroid dienone is 18. The fourth-order valence-corrected chi connectivity index (χ4v) is 7.40. The molecule has 0 aromatic carbocycles. The summed E-state index contributed by atoms with van der Waals surface area (Å²) in [6, 6.07) is 0. The fraction of sp³-hybridized carbons (Fsp3) is 0.667. The van der Waals surface area contributed by atoms with Crippen molar-refractivity contribution in [3.8, 4) is 0 Å². The van der Waals surface area contributed by atoms with Crippen LogP contribution in [0.25, 0.3) is 0 Å². The largest absolute Gasteiger partial charge is 0.462 e. The summed E-state index contributed by atoms with van der Waals surface area (Å²) in [5, 5.41) is 0. The minimum atomic E-state index is -0.814. The molecule has 0 saturated heterocycles. The normalized spacial score (nSPS) is 12.9. The number of esters is 3. The van der Waals surface area contributed by atoms with Crippen LogP contribution in [-0.2, 0) is 28.6 Å². The summed E-state index contributed by atoms with van der Waals surface area (Å²) in [7, 11) is 0. The summed E-state index contributed by atoms with van der Waals surface area (Å²) < 4.78 is 16.8. The van der Waals surface area contributed by atoms with Gasteiger partial charge in [0.1, 0.15) is 13.2 Å². The highest BCUT2D eigenvalue weighted by atomic mass is 16.6. The maximum atomic E-state index is 12.8. The Hall–Kier alpha value is -3.93. The minimum absolute atomic E-state index is 0.107. The monoisotopic (exact) mass is 957 g/mol. The molecule has 6 heteroatoms. The Morgan fingerprint density at radius 1 is 0.290 bits per heavy atom. The van der Waals surface area contributed by atoms with Crippen LogP contribution >= 0.6 is 0 Å². The molecule has 0 aliphatic carbocycles. The van der Waals surface area contributed by atoms with Crippen molar-refractivity contribution in [2.24, 2.45) is 0 Å². The van der Waals surface area contributed by atoms with E-state index < -0.39 is 6.10 Å². The van der Waals surface area contributed by atoms with Crippen LogP contribution in [0.4, 0.5) is 0 Å². The van der Waals surface area contributed by atoms with Crippen LogP contribution in [0, 0.1) is 0 Å². The van der Waals surface area contributed by atoms with Gasteiger partial charge in [0.2, 0.25) is 0 Å². The van der Waals surface area contributed by atoms with Gasteiger partial charge in [-0.3, -0.25) is 14.4 Å². The Labute approximate surface area is 425 Å². The van der Waals surface area contributed by atoms with Crippen LogP contribution in [0.3, 0.4) is 0 Å². The van der Waals surface area contributed by atoms with Crippen molar-refractivity contribution in [1.29, 1.82) is 0 Å². The van der Waals surface area contributed by atoms with E-state index in [-0.39, 0.29) is 37.5 Å². The molecule has 0 rings (SSSR count). The highest BCUT2D eigenvalue weighted by molar-refractivity contribution is 5.71. The molecule has 0 fully saturated rings. The van der Waals surface area contributed by atoms with E-state index in [4.69, 9.17) is 14.2 Å². The van der Waals surface area contributed by atoms with Crippen LogP contribution in [0.15, 0.2) is 109 Å². The van der Waals surface area contributed by atoms with Crippen LogP contribution in [-0.4, -0.2) is 37.2 Å². The van der Waals surface area contributed by atoms with Crippen LogP contribution in [0.1, 0.15) is 252 Å². The molecular weight excluding hydrogens is 853 g/mol. The maximum Gasteiger partial charge on any atom is 0.306 e. The quantitative estimate of drug-likeness (QED) is 0.0262. The first-order chi connectivity index (χ1) is 34.0. The SMILES string of the molecule is CCCCC/C=C/C/C=C/C/C=C/C/C=C/CCCCCC(=O)OC[C@@H](COC(=O)CCCCCCC/C=C/CCCCCC)OC(=O)CCCCC/C=C/C/C=C/C/C=C/C/C=C/CCCCC. The predicted molar refractivity (Wildman–Crippen MR) is 297 cm³/mol. The molecule has 0 aliphatic rings. The van der Waals surface area contributed by atoms with Gasteiger partial charge in [-0.05, 0) is 135 Å². The highest BCUT2D eigenvalue weighted by Crippen LogP contribution is 2.13. The first-order valence-electron chi connectivity index (χ1n) is 28.4. The lowest BCUT2D eigenvalue weighted by atomic mass is 10.1. The fourth-order valence-electron chi connectivity index (χ4n) is 7.40. The maximum absolute atomic E-state index is 12.8. The second-order valence-electron chi connectivity index (χ2n) is 18.5. The van der Waals surface area contributed by atoms with Crippen LogP contribution in [0.2, 0.25) is 0 Å². The second kappa shape index (κ2) is 56.7. The van der Waals surface area contributed by atoms with Crippen molar-refractivity contribution in [2.75, 3.05) is 13.2 Å². The molecule has 0 aliphatic heterocycles. The van der Waals surface area contributed by atoms with Gasteiger partial charge >= 0.3 is 17.9 Å². The molecule has 0 heterocycles. The lowest BCUT2D eigenvalue weighted by Gasteiger charge is -2.18. The van der Waals surface area contributed by atoms with E-state index in [1.54, 1.807) is 0 Å². The molecule has 0 N–H and O–H groups in total. The number of hydrogen-bond acceptors (Lipinski definition) is 6. The van der Waals surface area contributed by atoms with Gasteiger partial charge in [0.15, 0.2) is 6.10 Å². The predicted octanol–water partition coefficient (Wildman–Crippen LogP) is 19.1. The Kier molecular flexibility index (Phi) is 53.4. The van der Waals surface area contributed by atoms with Gasteiger partial charge in [0.25, 0.3) is 0 Å². The van der Waals surface area contributed by atoms with Gasteiger partial charge in [-0.1, -0.05) is 207 Å². The summed E-state index contributed by atoms with van der Waals surface area (Å²) in [4.78, 5) is 38.1. The van der Waals surface area contributed by atoms with Gasteiger partial charge in [0.05, 0.1) is 0 Å². The van der Waals surface area contributed by atoms with Crippen molar-refractivity contribution in [2.45, 2.75) is 258 Å². The molecule has 0 bridgehead atoms. The van der Waals surface area contributed by atoms with Crippen molar-refractivity contribution in [3.63, 3.8) is 0 Å². The van der Waals surface area contributed by atoms with Gasteiger partial charge in [-0.15, -0.1) is 0 Å². The third kappa shape index (κ3) is 54.9. The lowest BCUT2D eigenvalue weighted by molar-refractivity contribution is -0.167. The number of rotatable bonds is 50. The Balaban J connectivity index is 4.52. The molecule has 69 heavy (non-hydrogen) atoms. The van der Waals surface area contributed by atoms with E-state index in [0.29, 0.717) is 12.8 Å². The van der Waals surface area contributed by atoms with E-state index in [0.717, 1.165) is 122 Å². The van der Waals surface area contributed by atoms with Crippen molar-refractivity contribution in [1.82, 2.24) is 0 Å². The zero-order chi connectivity index (χ0) is 50.0. The van der Waals surface area contributed by atoms with E-state index in [9.17, 15) is 14.4 Å². The van der Waals surface area contributed by atoms with E-state index in [1.807, 2.05) is 0 Å². The topological polar surface area (TPSA) is 78.9 Å². The molecule has 0 aromatic heterocycles. The summed E-state index contributed by atoms with van der Waals surface area (Å²) in [6.45, 7) is 6.50. The number of unbranched alkanes of at least 4 members (excludes halogenated alkanes) is 21. The third-order valence-corrected chi connectivity index (χ3v) is 11.7. The highest BCUT2D eigenvalue weighted by Gasteiger charge is 2.19. The Morgan fingerprint density at radius 3 is 0.870 bits per heavy atom. The summed E-state index contributed by atoms with van der Waals surface area (Å²) in [6.07, 6.45) is 76.4. The van der Waals surface area contributed by atoms with E-state index in [1.165, 1.54) is 89.9 Å². The Morgan fingerprint density at radius 2 is 0.522 bits per heavy atom. The zero-order valence-corrected chi connectivity index (χ0v) is 44.8. The molecule has 0 spiro atoms. The summed E-state index contributed by atoms with van der Waals surface area (Å²) in [5.41, 5.74) is 0. The number of hydrogen-bond donors (Lipinski definition) is 0. The van der Waals surface area contributed by atoms with Gasteiger partial charge in [0, 0.05) is 19.3 Å². The Bertz CT molecular complexity index is 1420. The molecule has 392 valence electrons. The molecule has 1 atom stereocenters. The lowest BCUT2D eigenvalue weighted by Crippen LogP contribution is -2.30. The van der Waals surface area contributed by atoms with Gasteiger partial charge in [-0.2, -0.15) is 0 Å². The molecule has 0 unspecified atom stereocenters. The van der Waals surface area contributed by atoms with Crippen molar-refractivity contribution >= 4 is 17.9 Å². The third-order valence-electron chi connectivity index (χ3n) is 11.7. The van der Waals surface area contributed by atoms with Gasteiger partial charge in [-0.25, -0.2) is 0 Å². The van der Waals surface area contributed by atoms with Crippen molar-refractivity contribution < 1.29 is 28.6 Å². The summed E-state index contributed by atoms with van der Waals surface area (Å²) in [5.74, 6) is -0.980. The molecular formula is C63H104O6. The number of ether oxygens (including phenoxy) is 3. The number of carbonyl (C=O) groups excluding carboxylic acids is 3. The molecule has 0 radical (unpaired) electrons. The number of carbonyl (C=O) groups is 3. The molecule has 0 amide bonds. The first-order valence-corrected chi connectivity index (χ1v) is 28.4. The zero-order valence-electron chi connectivity index (χ0n) is 44.8. The second-order valence-corrected chi connectivity index (χ2v) is 18.5. The molecule has 6 nitrogen and oxygen atoms in total. The van der Waals surface area contributed by atoms with Crippen LogP contribution in [0.5, 0.6) is 0 Å².